The number of para-hydroxylation sites is 1. The Hall–Kier alpha value is -2.49. The lowest BCUT2D eigenvalue weighted by Gasteiger charge is -2.31. The summed E-state index contributed by atoms with van der Waals surface area (Å²) in [6.07, 6.45) is 6.71. The molecule has 0 unspecified atom stereocenters. The maximum Gasteiger partial charge on any atom is 0.319 e. The number of urea groups is 1. The van der Waals surface area contributed by atoms with Gasteiger partial charge < -0.3 is 15.5 Å². The first-order chi connectivity index (χ1) is 14.9. The molecule has 1 aliphatic rings. The van der Waals surface area contributed by atoms with Crippen molar-refractivity contribution in [2.75, 3.05) is 30.9 Å². The van der Waals surface area contributed by atoms with Gasteiger partial charge in [0.15, 0.2) is 0 Å². The predicted molar refractivity (Wildman–Crippen MR) is 132 cm³/mol. The Morgan fingerprint density at radius 2 is 1.74 bits per heavy atom. The Bertz CT molecular complexity index is 865. The van der Waals surface area contributed by atoms with Gasteiger partial charge in [0.1, 0.15) is 0 Å². The van der Waals surface area contributed by atoms with Crippen molar-refractivity contribution in [1.29, 1.82) is 0 Å². The molecule has 1 saturated carbocycles. The summed E-state index contributed by atoms with van der Waals surface area (Å²) >= 11 is 0. The standard InChI is InChI=1S/C27H39N3O/c1-6-10-21-11-9-12-24(20(2)3)25(21)29-26(31)28-19-27(17-7-8-18-27)22-13-15-23(16-14-22)30(4)5/h9,11-16,20H,6-8,10,17-19H2,1-5H3,(H2,28,29,31). The number of benzene rings is 2. The third-order valence-electron chi connectivity index (χ3n) is 6.71. The molecule has 2 aromatic carbocycles. The zero-order valence-corrected chi connectivity index (χ0v) is 19.9. The van der Waals surface area contributed by atoms with Gasteiger partial charge in [-0.3, -0.25) is 0 Å². The molecule has 0 aromatic heterocycles. The molecule has 31 heavy (non-hydrogen) atoms. The minimum absolute atomic E-state index is 0.0337. The number of aryl methyl sites for hydroxylation is 1. The first-order valence-electron chi connectivity index (χ1n) is 11.8. The Morgan fingerprint density at radius 3 is 2.32 bits per heavy atom. The van der Waals surface area contributed by atoms with Gasteiger partial charge in [-0.05, 0) is 54.0 Å². The third-order valence-corrected chi connectivity index (χ3v) is 6.71. The zero-order valence-electron chi connectivity index (χ0n) is 19.9. The minimum Gasteiger partial charge on any atom is -0.378 e. The lowest BCUT2D eigenvalue weighted by atomic mass is 9.78. The molecule has 2 N–H and O–H groups in total. The molecule has 0 atom stereocenters. The molecule has 1 fully saturated rings. The van der Waals surface area contributed by atoms with Crippen molar-refractivity contribution in [1.82, 2.24) is 5.32 Å². The fraction of sp³-hybridized carbons (Fsp3) is 0.519. The molecule has 0 heterocycles. The first kappa shape index (κ1) is 23.2. The van der Waals surface area contributed by atoms with Gasteiger partial charge in [-0.25, -0.2) is 4.79 Å². The third kappa shape index (κ3) is 5.41. The van der Waals surface area contributed by atoms with Crippen LogP contribution in [0.3, 0.4) is 0 Å². The Morgan fingerprint density at radius 1 is 1.06 bits per heavy atom. The van der Waals surface area contributed by atoms with E-state index < -0.39 is 0 Å². The van der Waals surface area contributed by atoms with E-state index in [4.69, 9.17) is 0 Å². The summed E-state index contributed by atoms with van der Waals surface area (Å²) < 4.78 is 0. The van der Waals surface area contributed by atoms with Gasteiger partial charge in [0.2, 0.25) is 0 Å². The number of carbonyl (C=O) groups excluding carboxylic acids is 1. The van der Waals surface area contributed by atoms with Crippen LogP contribution in [0.1, 0.15) is 75.5 Å². The van der Waals surface area contributed by atoms with Crippen LogP contribution >= 0.6 is 0 Å². The van der Waals surface area contributed by atoms with Crippen LogP contribution in [0.2, 0.25) is 0 Å². The second-order valence-electron chi connectivity index (χ2n) is 9.52. The van der Waals surface area contributed by atoms with Gasteiger partial charge in [0.25, 0.3) is 0 Å². The predicted octanol–water partition coefficient (Wildman–Crippen LogP) is 6.46. The molecule has 0 saturated heterocycles. The van der Waals surface area contributed by atoms with Crippen molar-refractivity contribution in [2.45, 2.75) is 70.6 Å². The number of amides is 2. The summed E-state index contributed by atoms with van der Waals surface area (Å²) in [5.41, 5.74) is 6.00. The second-order valence-corrected chi connectivity index (χ2v) is 9.52. The van der Waals surface area contributed by atoms with Crippen molar-refractivity contribution < 1.29 is 4.79 Å². The number of rotatable bonds is 8. The van der Waals surface area contributed by atoms with Crippen LogP contribution in [0.25, 0.3) is 0 Å². The van der Waals surface area contributed by atoms with Crippen molar-refractivity contribution in [3.63, 3.8) is 0 Å². The maximum absolute atomic E-state index is 13.0. The van der Waals surface area contributed by atoms with E-state index in [1.54, 1.807) is 0 Å². The quantitative estimate of drug-likeness (QED) is 0.513. The molecule has 0 spiro atoms. The van der Waals surface area contributed by atoms with Gasteiger partial charge >= 0.3 is 6.03 Å². The summed E-state index contributed by atoms with van der Waals surface area (Å²) in [6.45, 7) is 7.21. The van der Waals surface area contributed by atoms with Crippen LogP contribution < -0.4 is 15.5 Å². The molecule has 1 aliphatic carbocycles. The SMILES string of the molecule is CCCc1cccc(C(C)C)c1NC(=O)NCC1(c2ccc(N(C)C)cc2)CCCC1. The second kappa shape index (κ2) is 10.2. The molecule has 0 bridgehead atoms. The van der Waals surface area contributed by atoms with E-state index >= 15 is 0 Å². The largest absolute Gasteiger partial charge is 0.378 e. The summed E-state index contributed by atoms with van der Waals surface area (Å²) in [4.78, 5) is 15.1. The fourth-order valence-corrected chi connectivity index (χ4v) is 4.87. The highest BCUT2D eigenvalue weighted by molar-refractivity contribution is 5.91. The molecule has 0 radical (unpaired) electrons. The normalized spacial score (nSPS) is 15.2. The highest BCUT2D eigenvalue weighted by Crippen LogP contribution is 2.41. The topological polar surface area (TPSA) is 44.4 Å². The number of nitrogens with one attached hydrogen (secondary N) is 2. The minimum atomic E-state index is -0.0957. The Kier molecular flexibility index (Phi) is 7.64. The summed E-state index contributed by atoms with van der Waals surface area (Å²) in [5.74, 6) is 0.364. The average Bonchev–Trinajstić information content (AvgIpc) is 3.24. The van der Waals surface area contributed by atoms with E-state index in [2.05, 4.69) is 92.9 Å². The van der Waals surface area contributed by atoms with Crippen LogP contribution in [0.15, 0.2) is 42.5 Å². The smallest absolute Gasteiger partial charge is 0.319 e. The Balaban J connectivity index is 1.74. The molecule has 168 valence electrons. The summed E-state index contributed by atoms with van der Waals surface area (Å²) in [7, 11) is 4.13. The lowest BCUT2D eigenvalue weighted by molar-refractivity contribution is 0.248. The van der Waals surface area contributed by atoms with Crippen molar-refractivity contribution in [2.24, 2.45) is 0 Å². The molecule has 3 rings (SSSR count). The summed E-state index contributed by atoms with van der Waals surface area (Å²) in [6, 6.07) is 15.1. The van der Waals surface area contributed by atoms with Crippen LogP contribution in [-0.4, -0.2) is 26.7 Å². The van der Waals surface area contributed by atoms with Crippen LogP contribution in [0.4, 0.5) is 16.2 Å². The number of anilines is 2. The Labute approximate surface area is 188 Å². The van der Waals surface area contributed by atoms with Crippen molar-refractivity contribution in [3.05, 3.63) is 59.2 Å². The van der Waals surface area contributed by atoms with Gasteiger partial charge in [-0.2, -0.15) is 0 Å². The van der Waals surface area contributed by atoms with E-state index in [-0.39, 0.29) is 11.4 Å². The van der Waals surface area contributed by atoms with E-state index in [1.807, 2.05) is 0 Å². The van der Waals surface area contributed by atoms with Crippen molar-refractivity contribution >= 4 is 17.4 Å². The van der Waals surface area contributed by atoms with E-state index in [1.165, 1.54) is 35.2 Å². The van der Waals surface area contributed by atoms with Crippen LogP contribution in [-0.2, 0) is 11.8 Å². The van der Waals surface area contributed by atoms with E-state index in [9.17, 15) is 4.79 Å². The molecule has 2 aromatic rings. The van der Waals surface area contributed by atoms with Crippen LogP contribution in [0, 0.1) is 0 Å². The van der Waals surface area contributed by atoms with Gasteiger partial charge in [0.05, 0.1) is 0 Å². The number of hydrogen-bond donors (Lipinski definition) is 2. The van der Waals surface area contributed by atoms with Gasteiger partial charge in [-0.1, -0.05) is 70.4 Å². The fourth-order valence-electron chi connectivity index (χ4n) is 4.87. The molecule has 4 heteroatoms. The van der Waals surface area contributed by atoms with E-state index in [0.717, 1.165) is 31.4 Å². The average molecular weight is 422 g/mol. The number of nitrogens with zero attached hydrogens (tertiary/aromatic N) is 1. The van der Waals surface area contributed by atoms with Crippen LogP contribution in [0.5, 0.6) is 0 Å². The zero-order chi connectivity index (χ0) is 22.4. The van der Waals surface area contributed by atoms with Gasteiger partial charge in [0, 0.05) is 37.4 Å². The number of hydrogen-bond acceptors (Lipinski definition) is 2. The maximum atomic E-state index is 13.0. The first-order valence-corrected chi connectivity index (χ1v) is 11.8. The summed E-state index contributed by atoms with van der Waals surface area (Å²) in [5, 5.41) is 6.43. The van der Waals surface area contributed by atoms with E-state index in [0.29, 0.717) is 12.5 Å². The molecular formula is C27H39N3O. The molecule has 0 aliphatic heterocycles. The molecule has 4 nitrogen and oxygen atoms in total. The highest BCUT2D eigenvalue weighted by Gasteiger charge is 2.36. The lowest BCUT2D eigenvalue weighted by Crippen LogP contribution is -2.41. The van der Waals surface area contributed by atoms with Gasteiger partial charge in [-0.15, -0.1) is 0 Å². The molecular weight excluding hydrogens is 382 g/mol. The van der Waals surface area contributed by atoms with Crippen molar-refractivity contribution in [3.8, 4) is 0 Å². The molecule has 2 amide bonds. The number of carbonyl (C=O) groups is 1. The highest BCUT2D eigenvalue weighted by atomic mass is 16.2. The monoisotopic (exact) mass is 421 g/mol.